The Morgan fingerprint density at radius 3 is 2.48 bits per heavy atom. The number of nitrogens with zero attached hydrogens (tertiary/aromatic N) is 4. The van der Waals surface area contributed by atoms with Crippen LogP contribution in [0.15, 0.2) is 65.7 Å². The van der Waals surface area contributed by atoms with Crippen molar-refractivity contribution in [1.29, 1.82) is 0 Å². The zero-order chi connectivity index (χ0) is 22.9. The molecule has 2 saturated heterocycles. The molecule has 0 aromatic heterocycles. The van der Waals surface area contributed by atoms with Crippen molar-refractivity contribution in [2.24, 2.45) is 4.99 Å². The van der Waals surface area contributed by atoms with Gasteiger partial charge < -0.3 is 20.4 Å². The first-order chi connectivity index (χ1) is 16.2. The highest BCUT2D eigenvalue weighted by Gasteiger charge is 2.19. The van der Waals surface area contributed by atoms with Crippen molar-refractivity contribution in [3.05, 3.63) is 71.8 Å². The first kappa shape index (κ1) is 22.9. The minimum Gasteiger partial charge on any atom is -0.360 e. The number of guanidine groups is 1. The third kappa shape index (κ3) is 6.58. The Bertz CT molecular complexity index is 949. The third-order valence-electron chi connectivity index (χ3n) is 6.15. The lowest BCUT2D eigenvalue weighted by atomic mass is 10.2. The molecule has 7 heteroatoms. The van der Waals surface area contributed by atoms with E-state index in [1.165, 1.54) is 11.1 Å². The molecule has 0 atom stereocenters. The predicted molar refractivity (Wildman–Crippen MR) is 135 cm³/mol. The number of benzene rings is 2. The summed E-state index contributed by atoms with van der Waals surface area (Å²) in [7, 11) is 1.85. The number of amides is 1. The van der Waals surface area contributed by atoms with Gasteiger partial charge in [0.2, 0.25) is 5.91 Å². The van der Waals surface area contributed by atoms with E-state index in [1.807, 2.05) is 13.1 Å². The second-order valence-electron chi connectivity index (χ2n) is 8.44. The van der Waals surface area contributed by atoms with Gasteiger partial charge in [0, 0.05) is 65.1 Å². The van der Waals surface area contributed by atoms with Crippen LogP contribution in [-0.2, 0) is 11.3 Å². The van der Waals surface area contributed by atoms with Crippen LogP contribution in [0.2, 0.25) is 0 Å². The number of aliphatic imine (C=N–C) groups is 1. The number of carbonyl (C=O) groups excluding carboxylic acids is 1. The molecule has 0 spiro atoms. The zero-order valence-corrected chi connectivity index (χ0v) is 19.4. The number of piperazine rings is 2. The minimum absolute atomic E-state index is 0.0862. The molecule has 2 N–H and O–H groups in total. The summed E-state index contributed by atoms with van der Waals surface area (Å²) in [6.07, 6.45) is 4.44. The average molecular weight is 447 g/mol. The Hall–Kier alpha value is -3.32. The van der Waals surface area contributed by atoms with Crippen LogP contribution in [-0.4, -0.2) is 81.1 Å². The smallest absolute Gasteiger partial charge is 0.239 e. The summed E-state index contributed by atoms with van der Waals surface area (Å²) >= 11 is 0. The predicted octanol–water partition coefficient (Wildman–Crippen LogP) is 2.03. The Morgan fingerprint density at radius 2 is 1.79 bits per heavy atom. The first-order valence-corrected chi connectivity index (χ1v) is 11.7. The van der Waals surface area contributed by atoms with Gasteiger partial charge in [-0.1, -0.05) is 54.6 Å². The summed E-state index contributed by atoms with van der Waals surface area (Å²) in [6.45, 7) is 7.67. The van der Waals surface area contributed by atoms with Crippen molar-refractivity contribution < 1.29 is 4.79 Å². The molecule has 0 aliphatic carbocycles. The van der Waals surface area contributed by atoms with Crippen LogP contribution in [0, 0.1) is 0 Å². The largest absolute Gasteiger partial charge is 0.360 e. The van der Waals surface area contributed by atoms with Crippen molar-refractivity contribution >= 4 is 23.6 Å². The summed E-state index contributed by atoms with van der Waals surface area (Å²) in [5, 5.41) is 6.37. The van der Waals surface area contributed by atoms with Gasteiger partial charge in [0.1, 0.15) is 0 Å². The highest BCUT2D eigenvalue weighted by molar-refractivity contribution is 5.82. The molecule has 7 nitrogen and oxygen atoms in total. The van der Waals surface area contributed by atoms with E-state index in [1.54, 1.807) is 0 Å². The first-order valence-electron chi connectivity index (χ1n) is 11.7. The van der Waals surface area contributed by atoms with Gasteiger partial charge in [0.15, 0.2) is 5.96 Å². The van der Waals surface area contributed by atoms with E-state index in [-0.39, 0.29) is 5.91 Å². The number of rotatable bonds is 6. The lowest BCUT2D eigenvalue weighted by Crippen LogP contribution is -2.52. The lowest BCUT2D eigenvalue weighted by molar-refractivity contribution is -0.120. The molecular formula is C26H34N6O. The fourth-order valence-corrected chi connectivity index (χ4v) is 4.24. The summed E-state index contributed by atoms with van der Waals surface area (Å²) in [4.78, 5) is 23.0. The molecule has 33 heavy (non-hydrogen) atoms. The summed E-state index contributed by atoms with van der Waals surface area (Å²) in [5.41, 5.74) is 3.54. The fourth-order valence-electron chi connectivity index (χ4n) is 4.24. The maximum absolute atomic E-state index is 11.6. The SMILES string of the molecule is CN=C(NCc1ccc(N2CCNC(=O)C2)cc1)N1CCN(C/C=C/c2ccccc2)CC1. The molecule has 2 aliphatic rings. The maximum Gasteiger partial charge on any atom is 0.239 e. The van der Waals surface area contributed by atoms with E-state index in [0.717, 1.165) is 57.5 Å². The average Bonchev–Trinajstić information content (AvgIpc) is 2.86. The van der Waals surface area contributed by atoms with E-state index in [0.29, 0.717) is 13.1 Å². The van der Waals surface area contributed by atoms with Gasteiger partial charge in [-0.3, -0.25) is 14.7 Å². The number of hydrogen-bond donors (Lipinski definition) is 2. The molecule has 0 saturated carbocycles. The number of hydrogen-bond acceptors (Lipinski definition) is 4. The van der Waals surface area contributed by atoms with Gasteiger partial charge in [-0.25, -0.2) is 0 Å². The van der Waals surface area contributed by atoms with Gasteiger partial charge in [-0.2, -0.15) is 0 Å². The molecule has 2 aliphatic heterocycles. The van der Waals surface area contributed by atoms with Crippen molar-refractivity contribution in [3.8, 4) is 0 Å². The maximum atomic E-state index is 11.6. The number of carbonyl (C=O) groups is 1. The summed E-state index contributed by atoms with van der Waals surface area (Å²) in [6, 6.07) is 18.9. The van der Waals surface area contributed by atoms with Crippen molar-refractivity contribution in [2.45, 2.75) is 6.54 Å². The molecule has 4 rings (SSSR count). The number of anilines is 1. The Kier molecular flexibility index (Phi) is 7.98. The molecule has 2 fully saturated rings. The Balaban J connectivity index is 1.21. The van der Waals surface area contributed by atoms with Crippen LogP contribution >= 0.6 is 0 Å². The van der Waals surface area contributed by atoms with E-state index >= 15 is 0 Å². The van der Waals surface area contributed by atoms with E-state index in [9.17, 15) is 4.79 Å². The van der Waals surface area contributed by atoms with Crippen molar-refractivity contribution in [1.82, 2.24) is 20.4 Å². The minimum atomic E-state index is 0.0862. The highest BCUT2D eigenvalue weighted by Crippen LogP contribution is 2.16. The van der Waals surface area contributed by atoms with Gasteiger partial charge in [-0.15, -0.1) is 0 Å². The van der Waals surface area contributed by atoms with Crippen LogP contribution in [0.5, 0.6) is 0 Å². The molecule has 1 amide bonds. The fraction of sp³-hybridized carbons (Fsp3) is 0.385. The van der Waals surface area contributed by atoms with Gasteiger partial charge in [0.05, 0.1) is 6.54 Å². The van der Waals surface area contributed by atoms with Crippen LogP contribution < -0.4 is 15.5 Å². The Labute approximate surface area is 196 Å². The molecule has 0 bridgehead atoms. The molecule has 0 radical (unpaired) electrons. The highest BCUT2D eigenvalue weighted by atomic mass is 16.2. The topological polar surface area (TPSA) is 63.2 Å². The monoisotopic (exact) mass is 446 g/mol. The molecule has 174 valence electrons. The standard InChI is InChI=1S/C26H34N6O/c1-27-26(29-20-23-9-11-24(12-10-23)32-15-13-28-25(33)21-32)31-18-16-30(17-19-31)14-5-8-22-6-3-2-4-7-22/h2-12H,13-21H2,1H3,(H,27,29)(H,28,33)/b8-5+. The van der Waals surface area contributed by atoms with Gasteiger partial charge in [0.25, 0.3) is 0 Å². The van der Waals surface area contributed by atoms with E-state index in [2.05, 4.69) is 91.0 Å². The number of nitrogens with one attached hydrogen (secondary N) is 2. The summed E-state index contributed by atoms with van der Waals surface area (Å²) in [5.74, 6) is 1.04. The van der Waals surface area contributed by atoms with Crippen LogP contribution in [0.1, 0.15) is 11.1 Å². The lowest BCUT2D eigenvalue weighted by Gasteiger charge is -2.36. The molecule has 2 aromatic rings. The van der Waals surface area contributed by atoms with Crippen molar-refractivity contribution in [3.63, 3.8) is 0 Å². The summed E-state index contributed by atoms with van der Waals surface area (Å²) < 4.78 is 0. The molecule has 2 aromatic carbocycles. The third-order valence-corrected chi connectivity index (χ3v) is 6.15. The molecule has 2 heterocycles. The quantitative estimate of drug-likeness (QED) is 0.525. The second kappa shape index (κ2) is 11.5. The van der Waals surface area contributed by atoms with E-state index < -0.39 is 0 Å². The van der Waals surface area contributed by atoms with Gasteiger partial charge >= 0.3 is 0 Å². The van der Waals surface area contributed by atoms with Crippen molar-refractivity contribution in [2.75, 3.05) is 64.3 Å². The van der Waals surface area contributed by atoms with Crippen LogP contribution in [0.4, 0.5) is 5.69 Å². The Morgan fingerprint density at radius 1 is 1.03 bits per heavy atom. The normalized spacial score (nSPS) is 18.0. The van der Waals surface area contributed by atoms with Crippen LogP contribution in [0.25, 0.3) is 6.08 Å². The van der Waals surface area contributed by atoms with E-state index in [4.69, 9.17) is 0 Å². The van der Waals surface area contributed by atoms with Gasteiger partial charge in [-0.05, 0) is 23.3 Å². The molecule has 0 unspecified atom stereocenters. The zero-order valence-electron chi connectivity index (χ0n) is 19.4. The molecular weight excluding hydrogens is 412 g/mol. The van der Waals surface area contributed by atoms with Crippen LogP contribution in [0.3, 0.4) is 0 Å². The second-order valence-corrected chi connectivity index (χ2v) is 8.44.